The maximum Gasteiger partial charge on any atom is 0.348 e. The van der Waals surface area contributed by atoms with E-state index in [1.807, 2.05) is 24.3 Å². The first-order valence-corrected chi connectivity index (χ1v) is 11.0. The van der Waals surface area contributed by atoms with E-state index in [1.54, 1.807) is 36.1 Å². The third-order valence-corrected chi connectivity index (χ3v) is 6.35. The average molecular weight is 436 g/mol. The third-order valence-electron chi connectivity index (χ3n) is 5.50. The average Bonchev–Trinajstić information content (AvgIpc) is 3.57. The predicted molar refractivity (Wildman–Crippen MR) is 114 cm³/mol. The second kappa shape index (κ2) is 8.39. The highest BCUT2D eigenvalue weighted by molar-refractivity contribution is 7.11. The standard InChI is InChI=1S/C23H20N2O5S/c26-20(14-30-23(27)19-9-4-12-31-19)25-22(18-8-3-11-29-18)17-7-1-5-15(21(17)24-25)13-16-6-2-10-28-16/h2-4,6,8-13,17,22H,1,5,7,14H2. The maximum atomic E-state index is 13.1. The van der Waals surface area contributed by atoms with Crippen LogP contribution in [0.2, 0.25) is 0 Å². The molecule has 1 amide bonds. The fraction of sp³-hybridized carbons (Fsp3) is 0.261. The summed E-state index contributed by atoms with van der Waals surface area (Å²) in [7, 11) is 0. The Morgan fingerprint density at radius 1 is 1.19 bits per heavy atom. The van der Waals surface area contributed by atoms with Crippen molar-refractivity contribution in [1.82, 2.24) is 5.01 Å². The largest absolute Gasteiger partial charge is 0.467 e. The Balaban J connectivity index is 1.41. The number of hydrogen-bond acceptors (Lipinski definition) is 7. The van der Waals surface area contributed by atoms with Crippen LogP contribution in [0.5, 0.6) is 0 Å². The van der Waals surface area contributed by atoms with E-state index in [1.165, 1.54) is 16.3 Å². The summed E-state index contributed by atoms with van der Waals surface area (Å²) < 4.78 is 16.4. The molecular formula is C23H20N2O5S. The molecule has 1 saturated carbocycles. The number of thiophene rings is 1. The minimum absolute atomic E-state index is 0.0121. The van der Waals surface area contributed by atoms with Gasteiger partial charge in [0.15, 0.2) is 6.61 Å². The molecule has 1 aliphatic heterocycles. The van der Waals surface area contributed by atoms with Crippen LogP contribution in [0.15, 0.2) is 73.8 Å². The minimum Gasteiger partial charge on any atom is -0.467 e. The van der Waals surface area contributed by atoms with Crippen molar-refractivity contribution in [1.29, 1.82) is 0 Å². The number of allylic oxidation sites excluding steroid dienone is 1. The molecule has 3 aromatic heterocycles. The summed E-state index contributed by atoms with van der Waals surface area (Å²) in [4.78, 5) is 25.7. The Morgan fingerprint density at radius 2 is 2.06 bits per heavy atom. The van der Waals surface area contributed by atoms with Crippen LogP contribution in [0, 0.1) is 5.92 Å². The fourth-order valence-electron chi connectivity index (χ4n) is 4.15. The Hall–Kier alpha value is -3.39. The second-order valence-electron chi connectivity index (χ2n) is 7.42. The molecule has 158 valence electrons. The highest BCUT2D eigenvalue weighted by Crippen LogP contribution is 2.44. The van der Waals surface area contributed by atoms with Crippen molar-refractivity contribution >= 4 is 35.0 Å². The van der Waals surface area contributed by atoms with Crippen molar-refractivity contribution in [2.24, 2.45) is 11.0 Å². The lowest BCUT2D eigenvalue weighted by Crippen LogP contribution is -2.34. The third kappa shape index (κ3) is 3.86. The molecule has 2 aliphatic rings. The maximum absolute atomic E-state index is 13.1. The Bertz CT molecular complexity index is 1110. The highest BCUT2D eigenvalue weighted by Gasteiger charge is 2.45. The van der Waals surface area contributed by atoms with Gasteiger partial charge in [-0.05, 0) is 66.6 Å². The molecule has 31 heavy (non-hydrogen) atoms. The van der Waals surface area contributed by atoms with Crippen LogP contribution in [0.25, 0.3) is 6.08 Å². The summed E-state index contributed by atoms with van der Waals surface area (Å²) in [5, 5.41) is 7.90. The summed E-state index contributed by atoms with van der Waals surface area (Å²) in [6.07, 6.45) is 7.92. The van der Waals surface area contributed by atoms with Gasteiger partial charge in [0.2, 0.25) is 0 Å². The van der Waals surface area contributed by atoms with E-state index in [0.717, 1.165) is 36.3 Å². The first-order valence-electron chi connectivity index (χ1n) is 10.1. The number of esters is 1. The van der Waals surface area contributed by atoms with Crippen LogP contribution < -0.4 is 0 Å². The van der Waals surface area contributed by atoms with Crippen molar-refractivity contribution in [2.75, 3.05) is 6.61 Å². The molecule has 2 atom stereocenters. The van der Waals surface area contributed by atoms with Gasteiger partial charge in [-0.15, -0.1) is 11.3 Å². The molecule has 7 nitrogen and oxygen atoms in total. The van der Waals surface area contributed by atoms with Gasteiger partial charge in [-0.2, -0.15) is 5.10 Å². The quantitative estimate of drug-likeness (QED) is 0.530. The van der Waals surface area contributed by atoms with Crippen molar-refractivity contribution < 1.29 is 23.2 Å². The van der Waals surface area contributed by atoms with Crippen LogP contribution in [0.3, 0.4) is 0 Å². The molecule has 0 N–H and O–H groups in total. The lowest BCUT2D eigenvalue weighted by molar-refractivity contribution is -0.137. The Kier molecular flexibility index (Phi) is 5.30. The number of furan rings is 2. The summed E-state index contributed by atoms with van der Waals surface area (Å²) in [5.74, 6) is 0.535. The molecule has 0 aromatic carbocycles. The zero-order chi connectivity index (χ0) is 21.2. The first-order chi connectivity index (χ1) is 15.2. The van der Waals surface area contributed by atoms with Crippen LogP contribution in [0.4, 0.5) is 0 Å². The van der Waals surface area contributed by atoms with Crippen molar-refractivity contribution in [3.05, 3.63) is 76.3 Å². The molecular weight excluding hydrogens is 416 g/mol. The van der Waals surface area contributed by atoms with Crippen molar-refractivity contribution in [3.63, 3.8) is 0 Å². The van der Waals surface area contributed by atoms with Crippen LogP contribution in [0.1, 0.15) is 46.5 Å². The predicted octanol–water partition coefficient (Wildman–Crippen LogP) is 4.91. The summed E-state index contributed by atoms with van der Waals surface area (Å²) >= 11 is 1.27. The summed E-state index contributed by atoms with van der Waals surface area (Å²) in [5.41, 5.74) is 1.91. The van der Waals surface area contributed by atoms with Gasteiger partial charge in [0, 0.05) is 5.92 Å². The van der Waals surface area contributed by atoms with E-state index < -0.39 is 5.97 Å². The fourth-order valence-corrected chi connectivity index (χ4v) is 4.77. The summed E-state index contributed by atoms with van der Waals surface area (Å²) in [6.45, 7) is -0.380. The normalized spacial score (nSPS) is 21.7. The van der Waals surface area contributed by atoms with E-state index in [4.69, 9.17) is 18.7 Å². The molecule has 4 heterocycles. The highest BCUT2D eigenvalue weighted by atomic mass is 32.1. The van der Waals surface area contributed by atoms with E-state index in [0.29, 0.717) is 10.6 Å². The molecule has 2 unspecified atom stereocenters. The number of fused-ring (bicyclic) bond motifs is 1. The molecule has 3 aromatic rings. The van der Waals surface area contributed by atoms with E-state index in [2.05, 4.69) is 0 Å². The van der Waals surface area contributed by atoms with Crippen LogP contribution >= 0.6 is 11.3 Å². The molecule has 1 fully saturated rings. The van der Waals surface area contributed by atoms with Gasteiger partial charge in [-0.3, -0.25) is 4.79 Å². The van der Waals surface area contributed by atoms with E-state index in [9.17, 15) is 9.59 Å². The number of amides is 1. The van der Waals surface area contributed by atoms with Crippen LogP contribution in [-0.4, -0.2) is 29.2 Å². The zero-order valence-corrected chi connectivity index (χ0v) is 17.4. The molecule has 0 saturated heterocycles. The van der Waals surface area contributed by atoms with Gasteiger partial charge < -0.3 is 13.6 Å². The summed E-state index contributed by atoms with van der Waals surface area (Å²) in [6, 6.07) is 10.5. The second-order valence-corrected chi connectivity index (χ2v) is 8.37. The van der Waals surface area contributed by atoms with Crippen LogP contribution in [-0.2, 0) is 9.53 Å². The molecule has 0 bridgehead atoms. The zero-order valence-electron chi connectivity index (χ0n) is 16.6. The SMILES string of the molecule is O=C(OCC(=O)N1N=C2C(=Cc3ccco3)CCCC2C1c1ccco1)c1cccs1. The minimum atomic E-state index is -0.513. The number of carbonyl (C=O) groups is 2. The van der Waals surface area contributed by atoms with Crippen molar-refractivity contribution in [3.8, 4) is 0 Å². The smallest absolute Gasteiger partial charge is 0.348 e. The van der Waals surface area contributed by atoms with Gasteiger partial charge >= 0.3 is 5.97 Å². The van der Waals surface area contributed by atoms with Gasteiger partial charge in [0.05, 0.1) is 18.2 Å². The number of nitrogens with zero attached hydrogens (tertiary/aromatic N) is 2. The topological polar surface area (TPSA) is 85.3 Å². The van der Waals surface area contributed by atoms with Crippen molar-refractivity contribution in [2.45, 2.75) is 25.3 Å². The number of hydrazone groups is 1. The molecule has 8 heteroatoms. The van der Waals surface area contributed by atoms with E-state index >= 15 is 0 Å². The number of rotatable bonds is 5. The lowest BCUT2D eigenvalue weighted by Gasteiger charge is -2.27. The van der Waals surface area contributed by atoms with Gasteiger partial charge in [-0.1, -0.05) is 6.07 Å². The Morgan fingerprint density at radius 3 is 2.81 bits per heavy atom. The number of ether oxygens (including phenoxy) is 1. The van der Waals surface area contributed by atoms with E-state index in [-0.39, 0.29) is 24.5 Å². The number of hydrogen-bond donors (Lipinski definition) is 0. The molecule has 0 spiro atoms. The lowest BCUT2D eigenvalue weighted by atomic mass is 9.79. The van der Waals surface area contributed by atoms with Gasteiger partial charge in [-0.25, -0.2) is 9.80 Å². The first kappa shape index (κ1) is 19.6. The van der Waals surface area contributed by atoms with Gasteiger partial charge in [0.1, 0.15) is 22.4 Å². The van der Waals surface area contributed by atoms with Gasteiger partial charge in [0.25, 0.3) is 5.91 Å². The molecule has 5 rings (SSSR count). The molecule has 1 aliphatic carbocycles. The number of carbonyl (C=O) groups excluding carboxylic acids is 2. The monoisotopic (exact) mass is 436 g/mol. The Labute approximate surface area is 182 Å². The molecule has 0 radical (unpaired) electrons.